The van der Waals surface area contributed by atoms with Gasteiger partial charge in [-0.3, -0.25) is 9.48 Å². The van der Waals surface area contributed by atoms with E-state index in [4.69, 9.17) is 5.11 Å². The van der Waals surface area contributed by atoms with Crippen LogP contribution in [0.4, 0.5) is 8.78 Å². The number of nitrogens with one attached hydrogen (secondary N) is 1. The largest absolute Gasteiger partial charge is 0.385 e. The van der Waals surface area contributed by atoms with Crippen molar-refractivity contribution in [2.24, 2.45) is 7.05 Å². The molecule has 0 spiro atoms. The van der Waals surface area contributed by atoms with E-state index in [2.05, 4.69) is 10.4 Å². The number of alkyl halides is 2. The molecule has 0 saturated heterocycles. The predicted octanol–water partition coefficient (Wildman–Crippen LogP) is 0.929. The average molecular weight is 269 g/mol. The number of aliphatic hydroxyl groups is 1. The summed E-state index contributed by atoms with van der Waals surface area (Å²) in [6.45, 7) is -0.512. The zero-order valence-corrected chi connectivity index (χ0v) is 10.2. The maximum absolute atomic E-state index is 12.1. The lowest BCUT2D eigenvalue weighted by Gasteiger charge is -2.09. The molecule has 2 aromatic rings. The quantitative estimate of drug-likeness (QED) is 0.867. The van der Waals surface area contributed by atoms with Gasteiger partial charge in [-0.2, -0.15) is 5.10 Å². The van der Waals surface area contributed by atoms with Gasteiger partial charge in [-0.1, -0.05) is 18.2 Å². The fourth-order valence-electron chi connectivity index (χ4n) is 1.75. The third kappa shape index (κ3) is 2.70. The van der Waals surface area contributed by atoms with E-state index in [1.165, 1.54) is 4.68 Å². The first-order valence-corrected chi connectivity index (χ1v) is 5.67. The van der Waals surface area contributed by atoms with Gasteiger partial charge >= 0.3 is 0 Å². The number of benzene rings is 1. The molecule has 19 heavy (non-hydrogen) atoms. The summed E-state index contributed by atoms with van der Waals surface area (Å²) in [5.74, 6) is -0.587. The van der Waals surface area contributed by atoms with Crippen molar-refractivity contribution < 1.29 is 18.7 Å². The number of rotatable bonds is 4. The number of hydrogen-bond donors (Lipinski definition) is 2. The number of para-hydroxylation sites is 1. The van der Waals surface area contributed by atoms with Crippen LogP contribution in [0.3, 0.4) is 0 Å². The van der Waals surface area contributed by atoms with E-state index in [1.54, 1.807) is 25.2 Å². The van der Waals surface area contributed by atoms with E-state index in [0.29, 0.717) is 5.39 Å². The standard InChI is InChI=1S/C12H13F2N3O2/c1-17-8-5-3-2-4-7(8)10(16-17)12(19)15-6-9(18)11(13)14/h2-5,9,11,18H,6H2,1H3,(H,15,19). The van der Waals surface area contributed by atoms with E-state index in [1.807, 2.05) is 6.07 Å². The van der Waals surface area contributed by atoms with Crippen LogP contribution in [0.5, 0.6) is 0 Å². The number of carbonyl (C=O) groups is 1. The Kier molecular flexibility index (Phi) is 3.75. The minimum atomic E-state index is -2.89. The van der Waals surface area contributed by atoms with Crippen LogP contribution in [0.2, 0.25) is 0 Å². The lowest BCUT2D eigenvalue weighted by molar-refractivity contribution is -0.00272. The minimum Gasteiger partial charge on any atom is -0.385 e. The van der Waals surface area contributed by atoms with Crippen molar-refractivity contribution in [3.05, 3.63) is 30.0 Å². The Morgan fingerprint density at radius 2 is 2.16 bits per heavy atom. The van der Waals surface area contributed by atoms with Crippen LogP contribution in [-0.4, -0.2) is 39.9 Å². The Balaban J connectivity index is 2.18. The van der Waals surface area contributed by atoms with Crippen molar-refractivity contribution in [3.63, 3.8) is 0 Å². The van der Waals surface area contributed by atoms with Gasteiger partial charge in [0.05, 0.1) is 5.52 Å². The van der Waals surface area contributed by atoms with Gasteiger partial charge in [0.15, 0.2) is 5.69 Å². The molecule has 0 radical (unpaired) electrons. The molecule has 0 aliphatic carbocycles. The first-order chi connectivity index (χ1) is 9.00. The summed E-state index contributed by atoms with van der Waals surface area (Å²) in [5.41, 5.74) is 0.918. The average Bonchev–Trinajstić information content (AvgIpc) is 2.73. The minimum absolute atomic E-state index is 0.152. The fraction of sp³-hybridized carbons (Fsp3) is 0.333. The number of fused-ring (bicyclic) bond motifs is 1. The van der Waals surface area contributed by atoms with E-state index >= 15 is 0 Å². The Hall–Kier alpha value is -2.02. The van der Waals surface area contributed by atoms with Gasteiger partial charge in [0.2, 0.25) is 0 Å². The van der Waals surface area contributed by atoms with Crippen LogP contribution in [0, 0.1) is 0 Å². The summed E-state index contributed by atoms with van der Waals surface area (Å²) in [4.78, 5) is 11.9. The molecule has 1 aromatic heterocycles. The highest BCUT2D eigenvalue weighted by Gasteiger charge is 2.20. The van der Waals surface area contributed by atoms with E-state index in [-0.39, 0.29) is 5.69 Å². The predicted molar refractivity (Wildman–Crippen MR) is 65.1 cm³/mol. The third-order valence-corrected chi connectivity index (χ3v) is 2.74. The van der Waals surface area contributed by atoms with Crippen LogP contribution >= 0.6 is 0 Å². The highest BCUT2D eigenvalue weighted by atomic mass is 19.3. The molecule has 1 amide bonds. The second-order valence-electron chi connectivity index (χ2n) is 4.10. The molecule has 0 saturated carbocycles. The molecule has 5 nitrogen and oxygen atoms in total. The number of aliphatic hydroxyl groups excluding tert-OH is 1. The van der Waals surface area contributed by atoms with Gasteiger partial charge in [0, 0.05) is 19.0 Å². The molecule has 1 aromatic carbocycles. The van der Waals surface area contributed by atoms with E-state index in [9.17, 15) is 13.6 Å². The number of halogens is 2. The maximum Gasteiger partial charge on any atom is 0.272 e. The zero-order chi connectivity index (χ0) is 14.0. The Bertz CT molecular complexity index is 598. The second kappa shape index (κ2) is 5.31. The molecule has 0 aliphatic rings. The summed E-state index contributed by atoms with van der Waals surface area (Å²) in [5, 5.41) is 15.9. The molecule has 2 N–H and O–H groups in total. The molecule has 0 bridgehead atoms. The Morgan fingerprint density at radius 1 is 1.47 bits per heavy atom. The van der Waals surface area contributed by atoms with Gasteiger partial charge in [-0.05, 0) is 6.07 Å². The molecular formula is C12H13F2N3O2. The maximum atomic E-state index is 12.1. The molecule has 2 rings (SSSR count). The fourth-order valence-corrected chi connectivity index (χ4v) is 1.75. The van der Waals surface area contributed by atoms with Gasteiger partial charge < -0.3 is 10.4 Å². The molecular weight excluding hydrogens is 256 g/mol. The summed E-state index contributed by atoms with van der Waals surface area (Å²) in [6, 6.07) is 7.09. The van der Waals surface area contributed by atoms with Crippen LogP contribution < -0.4 is 5.32 Å². The van der Waals surface area contributed by atoms with Crippen LogP contribution in [0.25, 0.3) is 10.9 Å². The highest BCUT2D eigenvalue weighted by molar-refractivity contribution is 6.04. The summed E-state index contributed by atoms with van der Waals surface area (Å²) in [6.07, 6.45) is -4.76. The van der Waals surface area contributed by atoms with Crippen molar-refractivity contribution in [3.8, 4) is 0 Å². The molecule has 1 unspecified atom stereocenters. The van der Waals surface area contributed by atoms with Gasteiger partial charge in [0.25, 0.3) is 12.3 Å². The number of aryl methyl sites for hydroxylation is 1. The normalized spacial score (nSPS) is 12.9. The molecule has 0 aliphatic heterocycles. The third-order valence-electron chi connectivity index (χ3n) is 2.74. The zero-order valence-electron chi connectivity index (χ0n) is 10.2. The van der Waals surface area contributed by atoms with Gasteiger partial charge in [-0.25, -0.2) is 8.78 Å². The van der Waals surface area contributed by atoms with Gasteiger partial charge in [0.1, 0.15) is 6.10 Å². The topological polar surface area (TPSA) is 67.2 Å². The van der Waals surface area contributed by atoms with Crippen molar-refractivity contribution in [2.75, 3.05) is 6.54 Å². The monoisotopic (exact) mass is 269 g/mol. The van der Waals surface area contributed by atoms with Crippen LogP contribution in [0.1, 0.15) is 10.5 Å². The summed E-state index contributed by atoms with van der Waals surface area (Å²) < 4.78 is 25.8. The first kappa shape index (κ1) is 13.4. The van der Waals surface area contributed by atoms with Crippen LogP contribution in [0.15, 0.2) is 24.3 Å². The number of amides is 1. The molecule has 102 valence electrons. The molecule has 1 atom stereocenters. The smallest absolute Gasteiger partial charge is 0.272 e. The van der Waals surface area contributed by atoms with Crippen molar-refractivity contribution >= 4 is 16.8 Å². The van der Waals surface area contributed by atoms with Crippen LogP contribution in [-0.2, 0) is 7.05 Å². The Labute approximate surface area is 107 Å². The van der Waals surface area contributed by atoms with Crippen molar-refractivity contribution in [2.45, 2.75) is 12.5 Å². The van der Waals surface area contributed by atoms with Crippen molar-refractivity contribution in [1.82, 2.24) is 15.1 Å². The SMILES string of the molecule is Cn1nc(C(=O)NCC(O)C(F)F)c2ccccc21. The lowest BCUT2D eigenvalue weighted by Crippen LogP contribution is -2.36. The van der Waals surface area contributed by atoms with Gasteiger partial charge in [-0.15, -0.1) is 0 Å². The number of aromatic nitrogens is 2. The summed E-state index contributed by atoms with van der Waals surface area (Å²) >= 11 is 0. The molecule has 7 heteroatoms. The summed E-state index contributed by atoms with van der Waals surface area (Å²) in [7, 11) is 1.69. The highest BCUT2D eigenvalue weighted by Crippen LogP contribution is 2.17. The van der Waals surface area contributed by atoms with E-state index in [0.717, 1.165) is 5.52 Å². The first-order valence-electron chi connectivity index (χ1n) is 5.67. The molecule has 1 heterocycles. The number of carbonyl (C=O) groups excluding carboxylic acids is 1. The second-order valence-corrected chi connectivity index (χ2v) is 4.10. The lowest BCUT2D eigenvalue weighted by atomic mass is 10.2. The number of hydrogen-bond acceptors (Lipinski definition) is 3. The Morgan fingerprint density at radius 3 is 2.84 bits per heavy atom. The number of nitrogens with zero attached hydrogens (tertiary/aromatic N) is 2. The van der Waals surface area contributed by atoms with Crippen molar-refractivity contribution in [1.29, 1.82) is 0 Å². The van der Waals surface area contributed by atoms with E-state index < -0.39 is 25.0 Å². The molecule has 0 fully saturated rings.